The highest BCUT2D eigenvalue weighted by atomic mass is 35.5. The van der Waals surface area contributed by atoms with Crippen LogP contribution in [-0.2, 0) is 9.59 Å². The lowest BCUT2D eigenvalue weighted by Crippen LogP contribution is -2.54. The number of carbonyl (C=O) groups is 3. The minimum Gasteiger partial charge on any atom is -0.273 e. The van der Waals surface area contributed by atoms with Crippen LogP contribution in [0.1, 0.15) is 27.8 Å². The Kier molecular flexibility index (Phi) is 4.89. The molecule has 0 aliphatic carbocycles. The fraction of sp³-hybridized carbons (Fsp3) is 0.190. The summed E-state index contributed by atoms with van der Waals surface area (Å²) < 4.78 is 0. The molecule has 0 saturated carbocycles. The zero-order valence-electron chi connectivity index (χ0n) is 15.5. The molecule has 1 aliphatic rings. The van der Waals surface area contributed by atoms with E-state index in [9.17, 15) is 14.4 Å². The highest BCUT2D eigenvalue weighted by Crippen LogP contribution is 2.27. The van der Waals surface area contributed by atoms with Gasteiger partial charge in [-0.3, -0.25) is 14.9 Å². The summed E-state index contributed by atoms with van der Waals surface area (Å²) in [4.78, 5) is 38.5. The number of hydrogen-bond acceptors (Lipinski definition) is 3. The van der Waals surface area contributed by atoms with Crippen molar-refractivity contribution in [3.63, 3.8) is 0 Å². The van der Waals surface area contributed by atoms with Gasteiger partial charge in [0.25, 0.3) is 11.8 Å². The summed E-state index contributed by atoms with van der Waals surface area (Å²) in [7, 11) is 0. The molecule has 0 spiro atoms. The quantitative estimate of drug-likeness (QED) is 0.624. The van der Waals surface area contributed by atoms with E-state index in [4.69, 9.17) is 11.6 Å². The van der Waals surface area contributed by atoms with Crippen molar-refractivity contribution in [2.75, 3.05) is 4.90 Å². The minimum absolute atomic E-state index is 0.0960. The molecule has 4 amide bonds. The Bertz CT molecular complexity index is 1000. The van der Waals surface area contributed by atoms with Crippen LogP contribution in [0.25, 0.3) is 6.08 Å². The molecule has 2 aromatic rings. The molecule has 0 radical (unpaired) electrons. The number of aryl methyl sites for hydroxylation is 4. The number of barbiturate groups is 1. The van der Waals surface area contributed by atoms with Crippen LogP contribution in [0.2, 0.25) is 5.02 Å². The molecular weight excluding hydrogens is 364 g/mol. The van der Waals surface area contributed by atoms with E-state index in [0.29, 0.717) is 10.7 Å². The number of amides is 4. The first-order valence-electron chi connectivity index (χ1n) is 8.44. The van der Waals surface area contributed by atoms with Crippen molar-refractivity contribution in [1.82, 2.24) is 5.32 Å². The molecular formula is C21H19ClN2O3. The highest BCUT2D eigenvalue weighted by molar-refractivity contribution is 6.39. The van der Waals surface area contributed by atoms with Crippen LogP contribution in [0.5, 0.6) is 0 Å². The van der Waals surface area contributed by atoms with Crippen molar-refractivity contribution >= 4 is 41.2 Å². The van der Waals surface area contributed by atoms with E-state index in [1.165, 1.54) is 12.1 Å². The zero-order valence-corrected chi connectivity index (χ0v) is 16.3. The van der Waals surface area contributed by atoms with Crippen LogP contribution in [0.4, 0.5) is 10.5 Å². The second kappa shape index (κ2) is 7.00. The van der Waals surface area contributed by atoms with E-state index in [2.05, 4.69) is 5.32 Å². The SMILES string of the molecule is Cc1cc(C)c(/C=C2/C(=O)NC(=O)N(c3ccc(C)c(Cl)c3)C2=O)c(C)c1. The lowest BCUT2D eigenvalue weighted by molar-refractivity contribution is -0.122. The summed E-state index contributed by atoms with van der Waals surface area (Å²) in [5.74, 6) is -1.39. The third kappa shape index (κ3) is 3.51. The zero-order chi connectivity index (χ0) is 19.9. The molecule has 6 heteroatoms. The maximum Gasteiger partial charge on any atom is 0.335 e. The van der Waals surface area contributed by atoms with E-state index < -0.39 is 17.8 Å². The first-order valence-corrected chi connectivity index (χ1v) is 8.82. The minimum atomic E-state index is -0.792. The van der Waals surface area contributed by atoms with Gasteiger partial charge in [0.1, 0.15) is 5.57 Å². The third-order valence-corrected chi connectivity index (χ3v) is 4.95. The van der Waals surface area contributed by atoms with E-state index in [1.54, 1.807) is 12.1 Å². The number of hydrogen-bond donors (Lipinski definition) is 1. The number of urea groups is 1. The fourth-order valence-corrected chi connectivity index (χ4v) is 3.35. The molecule has 27 heavy (non-hydrogen) atoms. The van der Waals surface area contributed by atoms with Gasteiger partial charge in [0.15, 0.2) is 0 Å². The number of benzene rings is 2. The number of rotatable bonds is 2. The summed E-state index contributed by atoms with van der Waals surface area (Å²) in [5, 5.41) is 2.66. The molecule has 5 nitrogen and oxygen atoms in total. The van der Waals surface area contributed by atoms with Crippen molar-refractivity contribution < 1.29 is 14.4 Å². The molecule has 0 bridgehead atoms. The first kappa shape index (κ1) is 18.9. The Hall–Kier alpha value is -2.92. The normalized spacial score (nSPS) is 16.1. The first-order chi connectivity index (χ1) is 12.7. The smallest absolute Gasteiger partial charge is 0.273 e. The summed E-state index contributed by atoms with van der Waals surface area (Å²) in [6, 6.07) is 8.03. The summed E-state index contributed by atoms with van der Waals surface area (Å²) >= 11 is 6.13. The highest BCUT2D eigenvalue weighted by Gasteiger charge is 2.37. The van der Waals surface area contributed by atoms with E-state index >= 15 is 0 Å². The summed E-state index contributed by atoms with van der Waals surface area (Å²) in [6.45, 7) is 7.64. The third-order valence-electron chi connectivity index (χ3n) is 4.54. The van der Waals surface area contributed by atoms with Gasteiger partial charge in [0.05, 0.1) is 5.69 Å². The maximum absolute atomic E-state index is 13.0. The van der Waals surface area contributed by atoms with Gasteiger partial charge in [0, 0.05) is 5.02 Å². The van der Waals surface area contributed by atoms with Crippen LogP contribution >= 0.6 is 11.6 Å². The monoisotopic (exact) mass is 382 g/mol. The largest absolute Gasteiger partial charge is 0.335 e. The van der Waals surface area contributed by atoms with Gasteiger partial charge < -0.3 is 0 Å². The summed E-state index contributed by atoms with van der Waals surface area (Å²) in [6.07, 6.45) is 1.54. The van der Waals surface area contributed by atoms with Crippen molar-refractivity contribution in [2.24, 2.45) is 0 Å². The molecule has 1 aliphatic heterocycles. The summed E-state index contributed by atoms with van der Waals surface area (Å²) in [5.41, 5.74) is 4.81. The molecule has 0 aromatic heterocycles. The number of nitrogens with zero attached hydrogens (tertiary/aromatic N) is 1. The standard InChI is InChI=1S/C21H19ClN2O3/c1-11-7-13(3)16(14(4)8-11)10-17-19(25)23-21(27)24(20(17)26)15-6-5-12(2)18(22)9-15/h5-10H,1-4H3,(H,23,25,27)/b17-10-. The Labute approximate surface area is 162 Å². The Morgan fingerprint density at radius 3 is 2.15 bits per heavy atom. The number of halogens is 1. The Balaban J connectivity index is 2.09. The van der Waals surface area contributed by atoms with Crippen molar-refractivity contribution in [3.05, 3.63) is 68.7 Å². The van der Waals surface area contributed by atoms with E-state index in [-0.39, 0.29) is 5.57 Å². The predicted octanol–water partition coefficient (Wildman–Crippen LogP) is 4.24. The second-order valence-corrected chi connectivity index (χ2v) is 7.11. The van der Waals surface area contributed by atoms with Crippen molar-refractivity contribution in [2.45, 2.75) is 27.7 Å². The van der Waals surface area contributed by atoms with E-state index in [0.717, 1.165) is 32.7 Å². The molecule has 1 heterocycles. The van der Waals surface area contributed by atoms with Crippen LogP contribution in [0, 0.1) is 27.7 Å². The van der Waals surface area contributed by atoms with Gasteiger partial charge in [-0.1, -0.05) is 35.4 Å². The lowest BCUT2D eigenvalue weighted by Gasteiger charge is -2.27. The molecule has 138 valence electrons. The molecule has 3 rings (SSSR count). The molecule has 0 unspecified atom stereocenters. The van der Waals surface area contributed by atoms with Gasteiger partial charge in [0.2, 0.25) is 0 Å². The van der Waals surface area contributed by atoms with E-state index in [1.807, 2.05) is 39.8 Å². The number of anilines is 1. The van der Waals surface area contributed by atoms with Crippen molar-refractivity contribution in [1.29, 1.82) is 0 Å². The molecule has 2 aromatic carbocycles. The fourth-order valence-electron chi connectivity index (χ4n) is 3.18. The Morgan fingerprint density at radius 1 is 0.926 bits per heavy atom. The lowest BCUT2D eigenvalue weighted by atomic mass is 9.96. The molecule has 1 saturated heterocycles. The average Bonchev–Trinajstić information content (AvgIpc) is 2.56. The second-order valence-electron chi connectivity index (χ2n) is 6.70. The maximum atomic E-state index is 13.0. The van der Waals surface area contributed by atoms with Gasteiger partial charge in [-0.05, 0) is 68.2 Å². The number of carbonyl (C=O) groups excluding carboxylic acids is 3. The Morgan fingerprint density at radius 2 is 1.56 bits per heavy atom. The van der Waals surface area contributed by atoms with Gasteiger partial charge in [-0.25, -0.2) is 9.69 Å². The van der Waals surface area contributed by atoms with Crippen molar-refractivity contribution in [3.8, 4) is 0 Å². The van der Waals surface area contributed by atoms with Crippen LogP contribution in [0.15, 0.2) is 35.9 Å². The number of imide groups is 2. The molecule has 0 atom stereocenters. The number of nitrogens with one attached hydrogen (secondary N) is 1. The molecule has 1 fully saturated rings. The molecule has 1 N–H and O–H groups in total. The average molecular weight is 383 g/mol. The van der Waals surface area contributed by atoms with Crippen LogP contribution in [0.3, 0.4) is 0 Å². The van der Waals surface area contributed by atoms with Crippen LogP contribution in [-0.4, -0.2) is 17.8 Å². The topological polar surface area (TPSA) is 66.5 Å². The predicted molar refractivity (Wildman–Crippen MR) is 106 cm³/mol. The van der Waals surface area contributed by atoms with Gasteiger partial charge >= 0.3 is 6.03 Å². The van der Waals surface area contributed by atoms with Crippen LogP contribution < -0.4 is 10.2 Å². The van der Waals surface area contributed by atoms with Gasteiger partial charge in [-0.15, -0.1) is 0 Å². The van der Waals surface area contributed by atoms with Gasteiger partial charge in [-0.2, -0.15) is 0 Å².